The molecule has 2 amide bonds. The van der Waals surface area contributed by atoms with E-state index in [0.717, 1.165) is 51.1 Å². The number of esters is 1. The van der Waals surface area contributed by atoms with Crippen LogP contribution in [0.15, 0.2) is 41.9 Å². The number of benzene rings is 1. The van der Waals surface area contributed by atoms with Crippen LogP contribution in [0.3, 0.4) is 0 Å². The van der Waals surface area contributed by atoms with Gasteiger partial charge in [-0.2, -0.15) is 81.0 Å². The van der Waals surface area contributed by atoms with E-state index in [1.54, 1.807) is 13.3 Å². The molecule has 8 rings (SSSR count). The molecule has 3 fully saturated rings. The highest BCUT2D eigenvalue weighted by Crippen LogP contribution is 2.43. The summed E-state index contributed by atoms with van der Waals surface area (Å²) in [4.78, 5) is 52.3. The zero-order valence-corrected chi connectivity index (χ0v) is 44.2. The molecular weight excluding hydrogens is 949 g/mol. The van der Waals surface area contributed by atoms with Crippen molar-refractivity contribution in [3.8, 4) is 22.5 Å². The van der Waals surface area contributed by atoms with Crippen molar-refractivity contribution in [2.75, 3.05) is 33.5 Å². The number of fused-ring (bicyclic) bond motifs is 6. The number of aryl methyl sites for hydroxylation is 1. The lowest BCUT2D eigenvalue weighted by Crippen LogP contribution is -2.61. The number of carbonyl (C=O) groups excluding carboxylic acids is 3. The van der Waals surface area contributed by atoms with Gasteiger partial charge in [-0.15, -0.1) is 11.3 Å². The van der Waals surface area contributed by atoms with Gasteiger partial charge in [-0.3, -0.25) is 24.4 Å². The summed E-state index contributed by atoms with van der Waals surface area (Å²) in [7, 11) is 1.70. The van der Waals surface area contributed by atoms with Gasteiger partial charge in [0.2, 0.25) is 5.91 Å². The van der Waals surface area contributed by atoms with Crippen LogP contribution in [-0.4, -0.2) is 89.0 Å². The third-order valence-electron chi connectivity index (χ3n) is 12.2. The van der Waals surface area contributed by atoms with E-state index < -0.39 is 29.6 Å². The molecule has 64 heavy (non-hydrogen) atoms. The summed E-state index contributed by atoms with van der Waals surface area (Å²) in [6, 6.07) is 8.71. The number of hydrazine groups is 1. The molecule has 0 radical (unpaired) electrons. The molecule has 0 unspecified atom stereocenters. The minimum atomic E-state index is -1.08. The lowest BCUT2D eigenvalue weighted by Gasteiger charge is -2.38. The minimum absolute atomic E-state index is 0. The van der Waals surface area contributed by atoms with Crippen molar-refractivity contribution in [1.82, 2.24) is 30.3 Å². The molecular formula is C44H68N6O7S7. The smallest absolute Gasteiger partial charge is 0.324 e. The fourth-order valence-corrected chi connectivity index (χ4v) is 9.59. The maximum absolute atomic E-state index is 14.8. The Morgan fingerprint density at radius 2 is 1.80 bits per heavy atom. The molecule has 6 atom stereocenters. The van der Waals surface area contributed by atoms with Crippen molar-refractivity contribution in [2.45, 2.75) is 110 Å². The van der Waals surface area contributed by atoms with E-state index in [9.17, 15) is 14.4 Å². The number of hydrogen-bond donors (Lipinski definition) is 2. The number of carbonyl (C=O) groups is 3. The Morgan fingerprint density at radius 3 is 2.47 bits per heavy atom. The average molecular weight is 1020 g/mol. The van der Waals surface area contributed by atoms with Crippen molar-refractivity contribution in [1.29, 1.82) is 0 Å². The van der Waals surface area contributed by atoms with Gasteiger partial charge in [0.15, 0.2) is 0 Å². The summed E-state index contributed by atoms with van der Waals surface area (Å²) >= 11 is 1.43. The van der Waals surface area contributed by atoms with E-state index in [-0.39, 0.29) is 123 Å². The molecule has 3 aromatic heterocycles. The van der Waals surface area contributed by atoms with Crippen LogP contribution in [0.25, 0.3) is 33.4 Å². The molecule has 1 aromatic carbocycles. The van der Waals surface area contributed by atoms with E-state index in [4.69, 9.17) is 28.9 Å². The normalized spacial score (nSPS) is 23.5. The summed E-state index contributed by atoms with van der Waals surface area (Å²) in [6.07, 6.45) is 4.28. The zero-order valence-electron chi connectivity index (χ0n) is 37.4. The summed E-state index contributed by atoms with van der Waals surface area (Å²) in [5.74, 6) is -0.889. The summed E-state index contributed by atoms with van der Waals surface area (Å²) in [6.45, 7) is 12.8. The van der Waals surface area contributed by atoms with Crippen LogP contribution in [0.4, 0.5) is 0 Å². The second kappa shape index (κ2) is 24.8. The first-order valence-electron chi connectivity index (χ1n) is 20.8. The van der Waals surface area contributed by atoms with Gasteiger partial charge in [0, 0.05) is 78.4 Å². The molecule has 3 aliphatic heterocycles. The zero-order chi connectivity index (χ0) is 40.7. The third kappa shape index (κ3) is 12.3. The molecule has 6 bridgehead atoms. The second-order valence-electron chi connectivity index (χ2n) is 17.1. The number of nitrogens with zero attached hydrogens (tertiary/aromatic N) is 4. The first-order valence-corrected chi connectivity index (χ1v) is 21.7. The fraction of sp³-hybridized carbons (Fsp3) is 0.568. The average Bonchev–Trinajstić information content (AvgIpc) is 3.64. The summed E-state index contributed by atoms with van der Waals surface area (Å²) < 4.78 is 26.8. The quantitative estimate of drug-likeness (QED) is 0.174. The molecule has 2 N–H and O–H groups in total. The van der Waals surface area contributed by atoms with Gasteiger partial charge in [0.1, 0.15) is 23.2 Å². The highest BCUT2D eigenvalue weighted by molar-refractivity contribution is 7.60. The Bertz CT molecular complexity index is 2180. The largest absolute Gasteiger partial charge is 0.464 e. The minimum Gasteiger partial charge on any atom is -0.464 e. The van der Waals surface area contributed by atoms with Crippen LogP contribution < -0.4 is 10.7 Å². The predicted molar refractivity (Wildman–Crippen MR) is 283 cm³/mol. The van der Waals surface area contributed by atoms with Gasteiger partial charge < -0.3 is 28.8 Å². The number of cyclic esters (lactones) is 1. The van der Waals surface area contributed by atoms with Gasteiger partial charge >= 0.3 is 5.97 Å². The van der Waals surface area contributed by atoms with Gasteiger partial charge in [-0.1, -0.05) is 26.8 Å². The highest BCUT2D eigenvalue weighted by Gasteiger charge is 2.45. The van der Waals surface area contributed by atoms with Gasteiger partial charge in [0.05, 0.1) is 35.9 Å². The standard InChI is InChI=1S/C44H56N6O7S.6H2S/c1-7-49-35-13-12-27-21-31(35)32(38(49)29-10-8-16-45-36(29)26(3)54-6)22-44(4,5)24-56-43(53)33-11-9-17-50(48-33)42(52)37(47-40(51)30-20-25(30)2)39(41-46-34(27)23-58-41)57-28-14-18-55-19-15-28;;;;;;/h8,10,12-13,16,21,23,25-26,28,30,33,37,39,48H,7,9,11,14-15,17-20,22,24H2,1-6H3,(H,47,51);6*1H2/t25-,26-,30-,33-,37-,39-;;;;;;/m0....../s1. The Morgan fingerprint density at radius 1 is 1.08 bits per heavy atom. The summed E-state index contributed by atoms with van der Waals surface area (Å²) in [5.41, 5.74) is 9.50. The molecule has 4 aromatic rings. The third-order valence-corrected chi connectivity index (χ3v) is 13.1. The van der Waals surface area contributed by atoms with Crippen molar-refractivity contribution in [2.24, 2.45) is 17.3 Å². The Labute approximate surface area is 423 Å². The Hall–Kier alpha value is -2.11. The van der Waals surface area contributed by atoms with Gasteiger partial charge in [-0.25, -0.2) is 10.4 Å². The number of hydrogen-bond acceptors (Lipinski definition) is 11. The number of ether oxygens (including phenoxy) is 4. The molecule has 1 aliphatic carbocycles. The first-order chi connectivity index (χ1) is 28.0. The molecule has 1 saturated carbocycles. The number of methoxy groups -OCH3 is 1. The van der Waals surface area contributed by atoms with Crippen molar-refractivity contribution >= 4 is 121 Å². The van der Waals surface area contributed by atoms with E-state index in [1.807, 2.05) is 25.3 Å². The highest BCUT2D eigenvalue weighted by atomic mass is 32.1. The van der Waals surface area contributed by atoms with E-state index in [0.29, 0.717) is 63.4 Å². The molecule has 0 spiro atoms. The Kier molecular flexibility index (Phi) is 22.5. The van der Waals surface area contributed by atoms with E-state index >= 15 is 0 Å². The SMILES string of the molecule is CCn1c(-c2cccnc2[C@H](C)OC)c2c3cc(ccc31)-c1csc(n1)[C@@H](OC1CCOCC1)[C@H](NC(=O)[C@H]1C[C@@H]1C)C(=O)N1CCC[C@H](N1)C(=O)OCC(C)(C)C2.S.S.S.S.S.S. The molecule has 358 valence electrons. The first kappa shape index (κ1) is 58.0. The van der Waals surface area contributed by atoms with Crippen molar-refractivity contribution < 1.29 is 33.3 Å². The van der Waals surface area contributed by atoms with Gasteiger partial charge in [-0.05, 0) is 88.1 Å². The van der Waals surface area contributed by atoms with E-state index in [1.165, 1.54) is 16.3 Å². The second-order valence-corrected chi connectivity index (χ2v) is 18.0. The monoisotopic (exact) mass is 1020 g/mol. The van der Waals surface area contributed by atoms with Crippen LogP contribution >= 0.6 is 92.3 Å². The topological polar surface area (TPSA) is 146 Å². The number of amides is 2. The summed E-state index contributed by atoms with van der Waals surface area (Å²) in [5, 5.41) is 8.28. The van der Waals surface area contributed by atoms with Crippen LogP contribution in [0.2, 0.25) is 0 Å². The van der Waals surface area contributed by atoms with Crippen LogP contribution in [0, 0.1) is 17.3 Å². The van der Waals surface area contributed by atoms with Gasteiger partial charge in [0.25, 0.3) is 5.91 Å². The lowest BCUT2D eigenvalue weighted by atomic mass is 9.84. The predicted octanol–water partition coefficient (Wildman–Crippen LogP) is 7.23. The molecule has 2 saturated heterocycles. The fourth-order valence-electron chi connectivity index (χ4n) is 8.70. The molecule has 6 heterocycles. The number of thiazole rings is 1. The van der Waals surface area contributed by atoms with Crippen LogP contribution in [0.5, 0.6) is 0 Å². The van der Waals surface area contributed by atoms with E-state index in [2.05, 4.69) is 60.3 Å². The lowest BCUT2D eigenvalue weighted by molar-refractivity contribution is -0.158. The van der Waals surface area contributed by atoms with Crippen molar-refractivity contribution in [3.05, 3.63) is 58.2 Å². The van der Waals surface area contributed by atoms with Crippen molar-refractivity contribution in [3.63, 3.8) is 0 Å². The number of aromatic nitrogens is 3. The molecule has 20 heteroatoms. The Balaban J connectivity index is 0.00000235. The van der Waals surface area contributed by atoms with Crippen LogP contribution in [0.1, 0.15) is 95.2 Å². The maximum Gasteiger partial charge on any atom is 0.324 e. The number of pyridine rings is 1. The number of rotatable bonds is 8. The maximum atomic E-state index is 14.8. The molecule has 4 aliphatic rings. The number of nitrogens with one attached hydrogen (secondary N) is 2. The van der Waals surface area contributed by atoms with Crippen LogP contribution in [-0.2, 0) is 46.3 Å². The molecule has 13 nitrogen and oxygen atoms in total.